The molecule has 2 aliphatic heterocycles. The van der Waals surface area contributed by atoms with Crippen LogP contribution in [0.25, 0.3) is 0 Å². The normalized spacial score (nSPS) is 24.6. The molecule has 0 amide bonds. The summed E-state index contributed by atoms with van der Waals surface area (Å²) in [7, 11) is 1.51. The largest absolute Gasteiger partial charge is 0.481 e. The maximum atomic E-state index is 9.00. The van der Waals surface area contributed by atoms with E-state index in [1.807, 2.05) is 0 Å². The lowest BCUT2D eigenvalue weighted by atomic mass is 10.2. The first-order valence-electron chi connectivity index (χ1n) is 4.95. The van der Waals surface area contributed by atoms with Gasteiger partial charge in [0.25, 0.3) is 0 Å². The smallest absolute Gasteiger partial charge is 0.224 e. The zero-order valence-corrected chi connectivity index (χ0v) is 9.58. The van der Waals surface area contributed by atoms with Gasteiger partial charge in [0.05, 0.1) is 13.7 Å². The number of aliphatic hydroxyl groups excluding tert-OH is 1. The van der Waals surface area contributed by atoms with Crippen LogP contribution in [0.2, 0.25) is 0 Å². The maximum Gasteiger partial charge on any atom is 0.224 e. The molecule has 2 heterocycles. The lowest BCUT2D eigenvalue weighted by Crippen LogP contribution is -2.28. The van der Waals surface area contributed by atoms with Crippen molar-refractivity contribution in [1.82, 2.24) is 10.6 Å². The Morgan fingerprint density at radius 3 is 2.69 bits per heavy atom. The molecular formula is C9H13ClN4O2. The Balaban J connectivity index is 2.37. The molecule has 0 aromatic carbocycles. The summed E-state index contributed by atoms with van der Waals surface area (Å²) in [5.41, 5.74) is 0.617. The molecule has 0 spiro atoms. The summed E-state index contributed by atoms with van der Waals surface area (Å²) in [6, 6.07) is 0. The molecule has 0 aromatic heterocycles. The SMILES string of the molecule is COC1=NC(CO)N=C(Cl)C1=C1NCCN1. The van der Waals surface area contributed by atoms with E-state index in [0.29, 0.717) is 16.6 Å². The lowest BCUT2D eigenvalue weighted by molar-refractivity contribution is 0.266. The second kappa shape index (κ2) is 4.71. The van der Waals surface area contributed by atoms with Crippen LogP contribution < -0.4 is 10.6 Å². The highest BCUT2D eigenvalue weighted by atomic mass is 35.5. The van der Waals surface area contributed by atoms with Crippen LogP contribution in [0, 0.1) is 0 Å². The number of aliphatic hydroxyl groups is 1. The van der Waals surface area contributed by atoms with Crippen LogP contribution in [0.4, 0.5) is 0 Å². The topological polar surface area (TPSA) is 78.2 Å². The van der Waals surface area contributed by atoms with Crippen molar-refractivity contribution >= 4 is 22.7 Å². The van der Waals surface area contributed by atoms with Crippen molar-refractivity contribution in [3.8, 4) is 0 Å². The third-order valence-electron chi connectivity index (χ3n) is 2.28. The molecule has 1 saturated heterocycles. The van der Waals surface area contributed by atoms with Crippen molar-refractivity contribution in [2.45, 2.75) is 6.17 Å². The standard InChI is InChI=1S/C9H13ClN4O2/c1-16-9-6(8-11-2-3-12-8)7(10)13-5(4-15)14-9/h5,11-12,15H,2-4H2,1H3. The first kappa shape index (κ1) is 11.2. The predicted molar refractivity (Wildman–Crippen MR) is 61.6 cm³/mol. The third-order valence-corrected chi connectivity index (χ3v) is 2.57. The van der Waals surface area contributed by atoms with Gasteiger partial charge in [0.1, 0.15) is 16.6 Å². The van der Waals surface area contributed by atoms with Crippen LogP contribution in [0.15, 0.2) is 21.4 Å². The Morgan fingerprint density at radius 2 is 2.12 bits per heavy atom. The summed E-state index contributed by atoms with van der Waals surface area (Å²) in [5, 5.41) is 15.6. The molecule has 88 valence electrons. The van der Waals surface area contributed by atoms with Crippen LogP contribution in [-0.4, -0.2) is 49.1 Å². The van der Waals surface area contributed by atoms with Crippen molar-refractivity contribution in [3.63, 3.8) is 0 Å². The zero-order valence-electron chi connectivity index (χ0n) is 8.83. The monoisotopic (exact) mass is 244 g/mol. The first-order valence-corrected chi connectivity index (χ1v) is 5.32. The van der Waals surface area contributed by atoms with Gasteiger partial charge in [-0.2, -0.15) is 0 Å². The second-order valence-corrected chi connectivity index (χ2v) is 3.68. The molecular weight excluding hydrogens is 232 g/mol. The Labute approximate surface area is 98.1 Å². The van der Waals surface area contributed by atoms with Gasteiger partial charge in [-0.25, -0.2) is 9.98 Å². The number of rotatable bonds is 1. The summed E-state index contributed by atoms with van der Waals surface area (Å²) >= 11 is 6.05. The van der Waals surface area contributed by atoms with Gasteiger partial charge in [-0.3, -0.25) is 0 Å². The summed E-state index contributed by atoms with van der Waals surface area (Å²) in [5.74, 6) is 1.15. The second-order valence-electron chi connectivity index (χ2n) is 3.33. The quantitative estimate of drug-likeness (QED) is 0.576. The summed E-state index contributed by atoms with van der Waals surface area (Å²) in [4.78, 5) is 8.18. The highest BCUT2D eigenvalue weighted by Crippen LogP contribution is 2.18. The lowest BCUT2D eigenvalue weighted by Gasteiger charge is -2.18. The molecule has 0 saturated carbocycles. The van der Waals surface area contributed by atoms with Gasteiger partial charge in [0.2, 0.25) is 5.90 Å². The minimum Gasteiger partial charge on any atom is -0.481 e. The zero-order chi connectivity index (χ0) is 11.5. The Hall–Kier alpha value is -1.27. The van der Waals surface area contributed by atoms with E-state index in [0.717, 1.165) is 18.9 Å². The van der Waals surface area contributed by atoms with E-state index in [2.05, 4.69) is 20.6 Å². The fraction of sp³-hybridized carbons (Fsp3) is 0.556. The fourth-order valence-electron chi connectivity index (χ4n) is 1.57. The molecule has 16 heavy (non-hydrogen) atoms. The molecule has 7 heteroatoms. The van der Waals surface area contributed by atoms with E-state index in [9.17, 15) is 0 Å². The van der Waals surface area contributed by atoms with E-state index >= 15 is 0 Å². The number of nitrogens with one attached hydrogen (secondary N) is 2. The van der Waals surface area contributed by atoms with E-state index in [1.165, 1.54) is 7.11 Å². The molecule has 0 bridgehead atoms. The van der Waals surface area contributed by atoms with Crippen LogP contribution in [0.3, 0.4) is 0 Å². The summed E-state index contributed by atoms with van der Waals surface area (Å²) in [6.07, 6.45) is -0.576. The molecule has 6 nitrogen and oxygen atoms in total. The number of hydrogen-bond acceptors (Lipinski definition) is 6. The van der Waals surface area contributed by atoms with Crippen LogP contribution in [-0.2, 0) is 4.74 Å². The number of nitrogens with zero attached hydrogens (tertiary/aromatic N) is 2. The molecule has 1 atom stereocenters. The highest BCUT2D eigenvalue weighted by molar-refractivity contribution is 6.72. The van der Waals surface area contributed by atoms with Crippen molar-refractivity contribution in [1.29, 1.82) is 0 Å². The predicted octanol–water partition coefficient (Wildman–Crippen LogP) is -0.595. The van der Waals surface area contributed by atoms with Crippen LogP contribution in [0.5, 0.6) is 0 Å². The minimum atomic E-state index is -0.576. The Kier molecular flexibility index (Phi) is 3.31. The fourth-order valence-corrected chi connectivity index (χ4v) is 1.86. The van der Waals surface area contributed by atoms with Gasteiger partial charge < -0.3 is 20.5 Å². The molecule has 2 aliphatic rings. The van der Waals surface area contributed by atoms with Gasteiger partial charge in [0.15, 0.2) is 6.17 Å². The average Bonchev–Trinajstić information content (AvgIpc) is 2.81. The number of halogens is 1. The van der Waals surface area contributed by atoms with Crippen molar-refractivity contribution in [2.24, 2.45) is 9.98 Å². The van der Waals surface area contributed by atoms with E-state index < -0.39 is 6.17 Å². The number of methoxy groups -OCH3 is 1. The van der Waals surface area contributed by atoms with Crippen molar-refractivity contribution < 1.29 is 9.84 Å². The molecule has 3 N–H and O–H groups in total. The van der Waals surface area contributed by atoms with E-state index in [-0.39, 0.29) is 6.61 Å². The number of ether oxygens (including phenoxy) is 1. The molecule has 0 aliphatic carbocycles. The number of aliphatic imine (C=N–C) groups is 2. The molecule has 1 unspecified atom stereocenters. The molecule has 0 aromatic rings. The van der Waals surface area contributed by atoms with Crippen molar-refractivity contribution in [3.05, 3.63) is 11.4 Å². The summed E-state index contributed by atoms with van der Waals surface area (Å²) in [6.45, 7) is 1.46. The van der Waals surface area contributed by atoms with Gasteiger partial charge >= 0.3 is 0 Å². The van der Waals surface area contributed by atoms with Crippen LogP contribution in [0.1, 0.15) is 0 Å². The van der Waals surface area contributed by atoms with Gasteiger partial charge in [-0.1, -0.05) is 11.6 Å². The molecule has 1 fully saturated rings. The van der Waals surface area contributed by atoms with E-state index in [4.69, 9.17) is 21.4 Å². The highest BCUT2D eigenvalue weighted by Gasteiger charge is 2.26. The summed E-state index contributed by atoms with van der Waals surface area (Å²) < 4.78 is 5.15. The minimum absolute atomic E-state index is 0.188. The molecule has 0 radical (unpaired) electrons. The molecule has 2 rings (SSSR count). The van der Waals surface area contributed by atoms with Gasteiger partial charge in [-0.05, 0) is 0 Å². The number of hydrogen-bond donors (Lipinski definition) is 3. The Morgan fingerprint density at radius 1 is 1.44 bits per heavy atom. The average molecular weight is 245 g/mol. The van der Waals surface area contributed by atoms with Gasteiger partial charge in [-0.15, -0.1) is 0 Å². The van der Waals surface area contributed by atoms with Crippen LogP contribution >= 0.6 is 11.6 Å². The van der Waals surface area contributed by atoms with Gasteiger partial charge in [0, 0.05) is 13.1 Å². The third kappa shape index (κ3) is 1.98. The van der Waals surface area contributed by atoms with Crippen molar-refractivity contribution in [2.75, 3.05) is 26.8 Å². The van der Waals surface area contributed by atoms with E-state index in [1.54, 1.807) is 0 Å². The maximum absolute atomic E-state index is 9.00. The Bertz CT molecular complexity index is 370. The first-order chi connectivity index (χ1) is 7.76.